The zero-order valence-corrected chi connectivity index (χ0v) is 6.58. The van der Waals surface area contributed by atoms with Crippen molar-refractivity contribution in [3.63, 3.8) is 0 Å². The van der Waals surface area contributed by atoms with Gasteiger partial charge >= 0.3 is 0 Å². The molecular weight excluding hydrogens is 147 g/mol. The molecule has 0 fully saturated rings. The molecule has 0 aromatic carbocycles. The minimum atomic E-state index is -1.32. The predicted octanol–water partition coefficient (Wildman–Crippen LogP) is 0.731. The fourth-order valence-corrected chi connectivity index (χ4v) is 1.02. The molecule has 1 rings (SSSR count). The summed E-state index contributed by atoms with van der Waals surface area (Å²) in [4.78, 5) is 0. The third kappa shape index (κ3) is 1.57. The van der Waals surface area contributed by atoms with Crippen LogP contribution in [-0.4, -0.2) is 21.5 Å². The first kappa shape index (κ1) is 8.20. The van der Waals surface area contributed by atoms with Crippen molar-refractivity contribution in [2.75, 3.05) is 6.61 Å². The van der Waals surface area contributed by atoms with Gasteiger partial charge in [0, 0.05) is 7.05 Å². The Morgan fingerprint density at radius 3 is 2.82 bits per heavy atom. The van der Waals surface area contributed by atoms with E-state index in [-0.39, 0.29) is 0 Å². The summed E-state index contributed by atoms with van der Waals surface area (Å²) in [7, 11) is 1.66. The normalized spacial score (nSPS) is 13.5. The third-order valence-electron chi connectivity index (χ3n) is 1.52. The number of rotatable bonds is 2. The van der Waals surface area contributed by atoms with E-state index in [0.717, 1.165) is 5.69 Å². The molecule has 1 aromatic heterocycles. The zero-order chi connectivity index (χ0) is 8.43. The van der Waals surface area contributed by atoms with E-state index in [4.69, 9.17) is 5.11 Å². The number of hydrogen-bond donors (Lipinski definition) is 1. The molecule has 1 N–H and O–H groups in total. The van der Waals surface area contributed by atoms with Crippen LogP contribution in [-0.2, 0) is 7.05 Å². The lowest BCUT2D eigenvalue weighted by molar-refractivity contribution is 0.173. The van der Waals surface area contributed by atoms with E-state index in [1.807, 2.05) is 0 Å². The van der Waals surface area contributed by atoms with Gasteiger partial charge in [-0.1, -0.05) is 0 Å². The highest BCUT2D eigenvalue weighted by Crippen LogP contribution is 2.16. The molecule has 1 unspecified atom stereocenters. The van der Waals surface area contributed by atoms with Gasteiger partial charge in [-0.25, -0.2) is 4.39 Å². The van der Waals surface area contributed by atoms with Crippen LogP contribution in [0.2, 0.25) is 0 Å². The summed E-state index contributed by atoms with van der Waals surface area (Å²) in [6, 6.07) is 1.63. The van der Waals surface area contributed by atoms with Crippen LogP contribution in [0.15, 0.2) is 6.07 Å². The standard InChI is InChI=1S/C7H11FN2O/c1-5-3-7(6(8)4-11)10(2)9-5/h3,6,11H,4H2,1-2H3. The van der Waals surface area contributed by atoms with Crippen LogP contribution in [0, 0.1) is 6.92 Å². The Morgan fingerprint density at radius 1 is 1.82 bits per heavy atom. The van der Waals surface area contributed by atoms with Crippen molar-refractivity contribution in [1.82, 2.24) is 9.78 Å². The molecule has 1 atom stereocenters. The first-order valence-corrected chi connectivity index (χ1v) is 3.40. The fraction of sp³-hybridized carbons (Fsp3) is 0.571. The number of hydrogen-bond acceptors (Lipinski definition) is 2. The van der Waals surface area contributed by atoms with Gasteiger partial charge in [-0.15, -0.1) is 0 Å². The van der Waals surface area contributed by atoms with E-state index in [1.54, 1.807) is 20.0 Å². The summed E-state index contributed by atoms with van der Waals surface area (Å²) in [5.41, 5.74) is 1.18. The lowest BCUT2D eigenvalue weighted by Crippen LogP contribution is -2.04. The SMILES string of the molecule is Cc1cc(C(F)CO)n(C)n1. The number of aromatic nitrogens is 2. The van der Waals surface area contributed by atoms with E-state index in [1.165, 1.54) is 4.68 Å². The topological polar surface area (TPSA) is 38.0 Å². The smallest absolute Gasteiger partial charge is 0.164 e. The Balaban J connectivity index is 2.93. The Morgan fingerprint density at radius 2 is 2.45 bits per heavy atom. The summed E-state index contributed by atoms with van der Waals surface area (Å²) < 4.78 is 14.3. The average Bonchev–Trinajstić information content (AvgIpc) is 2.28. The molecule has 0 aliphatic carbocycles. The minimum Gasteiger partial charge on any atom is -0.393 e. The van der Waals surface area contributed by atoms with Crippen LogP contribution in [0.4, 0.5) is 4.39 Å². The predicted molar refractivity (Wildman–Crippen MR) is 38.9 cm³/mol. The highest BCUT2D eigenvalue weighted by atomic mass is 19.1. The van der Waals surface area contributed by atoms with Gasteiger partial charge in [0.05, 0.1) is 18.0 Å². The van der Waals surface area contributed by atoms with Gasteiger partial charge in [-0.3, -0.25) is 4.68 Å². The summed E-state index contributed by atoms with van der Waals surface area (Å²) in [6.07, 6.45) is -1.32. The van der Waals surface area contributed by atoms with E-state index >= 15 is 0 Å². The minimum absolute atomic E-state index is 0.421. The molecule has 0 bridgehead atoms. The van der Waals surface area contributed by atoms with Crippen LogP contribution in [0.3, 0.4) is 0 Å². The quantitative estimate of drug-likeness (QED) is 0.689. The number of nitrogens with zero attached hydrogens (tertiary/aromatic N) is 2. The fourth-order valence-electron chi connectivity index (χ4n) is 1.02. The molecule has 1 heterocycles. The van der Waals surface area contributed by atoms with Crippen molar-refractivity contribution in [3.8, 4) is 0 Å². The molecule has 0 amide bonds. The Kier molecular flexibility index (Phi) is 2.24. The second-order valence-electron chi connectivity index (χ2n) is 2.48. The van der Waals surface area contributed by atoms with Crippen LogP contribution in [0.1, 0.15) is 17.6 Å². The van der Waals surface area contributed by atoms with Crippen molar-refractivity contribution in [3.05, 3.63) is 17.5 Å². The molecule has 0 spiro atoms. The first-order chi connectivity index (χ1) is 5.15. The maximum Gasteiger partial charge on any atom is 0.164 e. The largest absolute Gasteiger partial charge is 0.393 e. The zero-order valence-electron chi connectivity index (χ0n) is 6.58. The van der Waals surface area contributed by atoms with Crippen LogP contribution in [0.25, 0.3) is 0 Å². The van der Waals surface area contributed by atoms with Gasteiger partial charge in [0.25, 0.3) is 0 Å². The van der Waals surface area contributed by atoms with Gasteiger partial charge in [-0.05, 0) is 13.0 Å². The lowest BCUT2D eigenvalue weighted by Gasteiger charge is -2.03. The number of halogens is 1. The van der Waals surface area contributed by atoms with Crippen molar-refractivity contribution in [2.24, 2.45) is 7.05 Å². The van der Waals surface area contributed by atoms with Gasteiger partial charge in [-0.2, -0.15) is 5.10 Å². The molecule has 4 heteroatoms. The number of alkyl halides is 1. The highest BCUT2D eigenvalue weighted by molar-refractivity contribution is 5.11. The van der Waals surface area contributed by atoms with E-state index < -0.39 is 12.8 Å². The molecule has 1 aromatic rings. The monoisotopic (exact) mass is 158 g/mol. The molecule has 0 radical (unpaired) electrons. The van der Waals surface area contributed by atoms with Crippen molar-refractivity contribution < 1.29 is 9.50 Å². The number of aliphatic hydroxyl groups excluding tert-OH is 1. The average molecular weight is 158 g/mol. The number of aryl methyl sites for hydroxylation is 2. The summed E-state index contributed by atoms with van der Waals surface area (Å²) in [6.45, 7) is 1.30. The molecule has 0 saturated heterocycles. The second kappa shape index (κ2) is 3.00. The van der Waals surface area contributed by atoms with E-state index in [0.29, 0.717) is 5.69 Å². The second-order valence-corrected chi connectivity index (χ2v) is 2.48. The van der Waals surface area contributed by atoms with Crippen molar-refractivity contribution >= 4 is 0 Å². The molecule has 0 aliphatic rings. The highest BCUT2D eigenvalue weighted by Gasteiger charge is 2.12. The molecule has 62 valence electrons. The van der Waals surface area contributed by atoms with Gasteiger partial charge in [0.1, 0.15) is 0 Å². The van der Waals surface area contributed by atoms with Crippen LogP contribution in [0.5, 0.6) is 0 Å². The lowest BCUT2D eigenvalue weighted by atomic mass is 10.3. The molecule has 0 saturated carbocycles. The first-order valence-electron chi connectivity index (χ1n) is 3.40. The van der Waals surface area contributed by atoms with Crippen LogP contribution < -0.4 is 0 Å². The maximum absolute atomic E-state index is 12.8. The van der Waals surface area contributed by atoms with Crippen molar-refractivity contribution in [2.45, 2.75) is 13.1 Å². The number of aliphatic hydroxyl groups is 1. The van der Waals surface area contributed by atoms with Crippen LogP contribution >= 0.6 is 0 Å². The Bertz CT molecular complexity index is 247. The third-order valence-corrected chi connectivity index (χ3v) is 1.52. The molecule has 0 aliphatic heterocycles. The maximum atomic E-state index is 12.8. The van der Waals surface area contributed by atoms with Crippen molar-refractivity contribution in [1.29, 1.82) is 0 Å². The summed E-state index contributed by atoms with van der Waals surface area (Å²) in [5, 5.41) is 12.5. The van der Waals surface area contributed by atoms with Gasteiger partial charge in [0.15, 0.2) is 6.17 Å². The van der Waals surface area contributed by atoms with E-state index in [2.05, 4.69) is 5.10 Å². The van der Waals surface area contributed by atoms with Gasteiger partial charge in [0.2, 0.25) is 0 Å². The van der Waals surface area contributed by atoms with E-state index in [9.17, 15) is 4.39 Å². The Hall–Kier alpha value is -0.900. The summed E-state index contributed by atoms with van der Waals surface area (Å²) >= 11 is 0. The van der Waals surface area contributed by atoms with Gasteiger partial charge < -0.3 is 5.11 Å². The molecular formula is C7H11FN2O. The molecule has 11 heavy (non-hydrogen) atoms. The Labute approximate surface area is 64.5 Å². The summed E-state index contributed by atoms with van der Waals surface area (Å²) in [5.74, 6) is 0. The molecule has 3 nitrogen and oxygen atoms in total.